The fourth-order valence-electron chi connectivity index (χ4n) is 16.7. The first-order valence-corrected chi connectivity index (χ1v) is 44.8. The lowest BCUT2D eigenvalue weighted by molar-refractivity contribution is -0.146. The van der Waals surface area contributed by atoms with E-state index in [9.17, 15) is 38.4 Å². The van der Waals surface area contributed by atoms with E-state index in [1.54, 1.807) is 0 Å². The summed E-state index contributed by atoms with van der Waals surface area (Å²) in [5.41, 5.74) is 2.33. The number of fused-ring (bicyclic) bond motifs is 1. The minimum absolute atomic E-state index is 0.0555. The van der Waals surface area contributed by atoms with Gasteiger partial charge in [0.2, 0.25) is 0 Å². The number of likely N-dealkylation sites (tertiary alicyclic amines) is 3. The topological polar surface area (TPSA) is 178 Å². The van der Waals surface area contributed by atoms with Crippen molar-refractivity contribution in [2.75, 3.05) is 67.0 Å². The summed E-state index contributed by atoms with van der Waals surface area (Å²) in [5.74, 6) is 5.38. The van der Waals surface area contributed by atoms with Crippen molar-refractivity contribution < 1.29 is 38.4 Å². The predicted octanol–water partition coefficient (Wildman–Crippen LogP) is 16.9. The third-order valence-electron chi connectivity index (χ3n) is 23.4. The van der Waals surface area contributed by atoms with Gasteiger partial charge in [0.05, 0.1) is 48.3 Å². The Kier molecular flexibility index (Phi) is 50.5. The number of carbonyl (C=O) groups excluding carboxylic acids is 8. The van der Waals surface area contributed by atoms with Crippen molar-refractivity contribution in [2.24, 2.45) is 59.2 Å². The monoisotopic (exact) mass is 1590 g/mol. The van der Waals surface area contributed by atoms with Crippen LogP contribution in [0.1, 0.15) is 306 Å². The molecule has 1 N–H and O–H groups in total. The first-order chi connectivity index (χ1) is 51.9. The van der Waals surface area contributed by atoms with Gasteiger partial charge in [-0.3, -0.25) is 67.8 Å². The largest absolute Gasteiger partial charge is 0.303 e. The summed E-state index contributed by atoms with van der Waals surface area (Å²) in [6.07, 6.45) is 7.45. The van der Waals surface area contributed by atoms with Crippen LogP contribution in [0.4, 0.5) is 0 Å². The molecule has 0 spiro atoms. The lowest BCUT2D eigenvalue weighted by Gasteiger charge is -2.44. The molecule has 0 radical (unpaired) electrons. The highest BCUT2D eigenvalue weighted by Crippen LogP contribution is 2.32. The maximum absolute atomic E-state index is 12.4. The summed E-state index contributed by atoms with van der Waals surface area (Å²) in [4.78, 5) is 111. The number of hydrazine groups is 1. The van der Waals surface area contributed by atoms with Gasteiger partial charge < -0.3 is 10.2 Å². The molecule has 7 rings (SSSR count). The molecule has 0 amide bonds. The third-order valence-corrected chi connectivity index (χ3v) is 23.4. The quantitative estimate of drug-likeness (QED) is 0.0925. The smallest absolute Gasteiger partial charge is 0.154 e. The van der Waals surface area contributed by atoms with Gasteiger partial charge >= 0.3 is 0 Å². The Morgan fingerprint density at radius 3 is 1.32 bits per heavy atom. The average molecular weight is 1590 g/mol. The van der Waals surface area contributed by atoms with Gasteiger partial charge in [0, 0.05) is 148 Å². The fourth-order valence-corrected chi connectivity index (χ4v) is 16.7. The number of ketones is 8. The van der Waals surface area contributed by atoms with Gasteiger partial charge in [-0.05, 0) is 220 Å². The number of nitrogens with one attached hydrogen (secondary N) is 1. The lowest BCUT2D eigenvalue weighted by Crippen LogP contribution is -2.58. The van der Waals surface area contributed by atoms with E-state index in [-0.39, 0.29) is 94.9 Å². The van der Waals surface area contributed by atoms with E-state index >= 15 is 0 Å². The number of hydrogen-bond donors (Lipinski definition) is 1. The van der Waals surface area contributed by atoms with Crippen LogP contribution in [-0.2, 0) is 51.3 Å². The van der Waals surface area contributed by atoms with Gasteiger partial charge in [-0.25, -0.2) is 10.0 Å². The number of rotatable bonds is 26. The van der Waals surface area contributed by atoms with E-state index in [1.807, 2.05) is 132 Å². The Hall–Kier alpha value is -3.82. The fraction of sp³-hybridized carbons (Fsp3) is 0.853. The van der Waals surface area contributed by atoms with E-state index in [2.05, 4.69) is 220 Å². The van der Waals surface area contributed by atoms with Gasteiger partial charge in [0.25, 0.3) is 0 Å². The van der Waals surface area contributed by atoms with E-state index in [4.69, 9.17) is 0 Å². The molecule has 9 atom stereocenters. The molecule has 6 aliphatic rings. The number of benzene rings is 1. The van der Waals surface area contributed by atoms with Crippen LogP contribution >= 0.6 is 0 Å². The second-order valence-corrected chi connectivity index (χ2v) is 39.5. The van der Waals surface area contributed by atoms with Crippen molar-refractivity contribution in [1.29, 1.82) is 0 Å². The summed E-state index contributed by atoms with van der Waals surface area (Å²) in [6, 6.07) is 13.4. The number of nitrogens with zero attached hydrogens (tertiary/aromatic N) is 9. The van der Waals surface area contributed by atoms with E-state index < -0.39 is 0 Å². The Bertz CT molecular complexity index is 2910. The molecule has 658 valence electrons. The molecule has 113 heavy (non-hydrogen) atoms. The molecule has 5 saturated heterocycles. The minimum Gasteiger partial charge on any atom is -0.303 e. The van der Waals surface area contributed by atoms with Crippen molar-refractivity contribution in [1.82, 2.24) is 49.6 Å². The Morgan fingerprint density at radius 1 is 0.442 bits per heavy atom. The first-order valence-electron chi connectivity index (χ1n) is 44.8. The highest BCUT2D eigenvalue weighted by molar-refractivity contribution is 5.90. The van der Waals surface area contributed by atoms with Crippen LogP contribution in [0.25, 0.3) is 0 Å². The molecule has 9 unspecified atom stereocenters. The number of hydrogen-bond acceptors (Lipinski definition) is 18. The molecule has 6 heterocycles. The number of carbonyl (C=O) groups is 8. The number of likely N-dealkylation sites (N-methyl/N-ethyl adjacent to an activating group) is 2. The normalized spacial score (nSPS) is 23.2. The molecule has 6 aliphatic heterocycles. The van der Waals surface area contributed by atoms with Crippen LogP contribution in [0.2, 0.25) is 0 Å². The zero-order chi connectivity index (χ0) is 88.0. The molecule has 0 aromatic heterocycles. The summed E-state index contributed by atoms with van der Waals surface area (Å²) < 4.78 is 0. The Labute approximate surface area is 696 Å². The molecule has 0 saturated carbocycles. The second-order valence-electron chi connectivity index (χ2n) is 39.5. The van der Waals surface area contributed by atoms with E-state index in [0.29, 0.717) is 113 Å². The Balaban J connectivity index is 0.00000127. The van der Waals surface area contributed by atoms with Crippen molar-refractivity contribution in [3.05, 3.63) is 35.4 Å². The van der Waals surface area contributed by atoms with E-state index in [1.165, 1.54) is 24.0 Å². The molecule has 0 aliphatic carbocycles. The SMILES string of the molecule is CC(C)C(=O)C1C(C)CCN1C(C)C.CC(C)C(=O)C1CCC(C)N1C(C)C.CC(C)C(=O)C1CCCN(C)N1C(C)C.CC(C)C(=O)C1CN(C)CCN1C(C)C.CC(C)C(=O)C1Cc2ccccc2CN1C(C)C.CC(C)C(=O)CN(C)C(C)C.CC(C)NC(C)(C)C(=O)C(C)C.CC1CC(C(=O)C(C)C)N(C(C)C)C1. The molecule has 0 bridgehead atoms. The minimum atomic E-state index is -0.387. The molecular formula is C95H180N10O8. The zero-order valence-electron chi connectivity index (χ0n) is 80.6. The maximum Gasteiger partial charge on any atom is 0.154 e. The van der Waals surface area contributed by atoms with Crippen molar-refractivity contribution in [3.63, 3.8) is 0 Å². The summed E-state index contributed by atoms with van der Waals surface area (Å²) in [6.45, 7) is 84.4. The highest BCUT2D eigenvalue weighted by Gasteiger charge is 2.42. The van der Waals surface area contributed by atoms with Crippen molar-refractivity contribution in [2.45, 2.75) is 404 Å². The van der Waals surface area contributed by atoms with Gasteiger partial charge in [-0.2, -0.15) is 0 Å². The van der Waals surface area contributed by atoms with Crippen LogP contribution < -0.4 is 5.32 Å². The number of Topliss-reactive ketones (excluding diaryl/α,β-unsaturated/α-hetero) is 8. The molecule has 1 aromatic carbocycles. The van der Waals surface area contributed by atoms with Crippen LogP contribution in [0.5, 0.6) is 0 Å². The Morgan fingerprint density at radius 2 is 0.894 bits per heavy atom. The standard InChI is InChI=1S/C16H23NO.2C12H24N2O.3C12H23NO.C10H21NO.C9H19NO/c1-11(2)16(18)15-9-13-7-5-6-8-14(13)10-17(15)12(3)4;1-9(2)12(15)11-8-13(5)6-7-14(11)10(3)4;1-9(2)12(15)11-7-6-8-13(5)14(11)10(3)4;1-8(2)12(14)11-6-10(5)7-13(11)9(3)4;1-8(2)12(14)11-10(5)6-7-13(11)9(3)4;1-8(2)12(14)11-7-6-10(5)13(11)9(3)4;1-7(2)9(12)10(5,6)11-8(3)4;1-7(2)9(11)6-10(5)8(3)4/h5-8,11-12,15H,9-10H2,1-4H3;2*9-11H,6-8H2,1-5H3;3*8-11H,6-7H2,1-5H3;7-8,11H,1-6H3;7-8H,6H2,1-5H3. The van der Waals surface area contributed by atoms with Crippen LogP contribution in [-0.4, -0.2) is 254 Å². The molecular weight excluding hydrogens is 1410 g/mol. The van der Waals surface area contributed by atoms with E-state index in [0.717, 1.165) is 77.9 Å². The average Bonchev–Trinajstić information content (AvgIpc) is 1.58. The third kappa shape index (κ3) is 36.3. The summed E-state index contributed by atoms with van der Waals surface area (Å²) in [5, 5.41) is 7.70. The second kappa shape index (κ2) is 52.3. The van der Waals surface area contributed by atoms with Crippen molar-refractivity contribution in [3.8, 4) is 0 Å². The molecule has 18 heteroatoms. The predicted molar refractivity (Wildman–Crippen MR) is 478 cm³/mol. The van der Waals surface area contributed by atoms with Crippen molar-refractivity contribution >= 4 is 46.3 Å². The van der Waals surface area contributed by atoms with Gasteiger partial charge in [0.15, 0.2) is 40.5 Å². The highest BCUT2D eigenvalue weighted by atomic mass is 16.2. The van der Waals surface area contributed by atoms with Gasteiger partial charge in [-0.1, -0.05) is 149 Å². The van der Waals surface area contributed by atoms with Crippen LogP contribution in [0, 0.1) is 59.2 Å². The molecule has 18 nitrogen and oxygen atoms in total. The van der Waals surface area contributed by atoms with Gasteiger partial charge in [-0.15, -0.1) is 0 Å². The van der Waals surface area contributed by atoms with Crippen LogP contribution in [0.3, 0.4) is 0 Å². The summed E-state index contributed by atoms with van der Waals surface area (Å²) in [7, 11) is 6.16. The van der Waals surface area contributed by atoms with Gasteiger partial charge in [0.1, 0.15) is 5.78 Å². The first kappa shape index (κ1) is 109. The number of piperazine rings is 1. The summed E-state index contributed by atoms with van der Waals surface area (Å²) >= 11 is 0. The molecule has 1 aromatic rings. The van der Waals surface area contributed by atoms with Crippen LogP contribution in [0.15, 0.2) is 24.3 Å². The maximum atomic E-state index is 12.4. The molecule has 5 fully saturated rings. The zero-order valence-corrected chi connectivity index (χ0v) is 80.6. The lowest BCUT2D eigenvalue weighted by atomic mass is 9.87.